The molecule has 1 aromatic carbocycles. The highest BCUT2D eigenvalue weighted by atomic mass is 16.5. The molecular formula is C18H21N5O. The van der Waals surface area contributed by atoms with Crippen LogP contribution in [-0.2, 0) is 0 Å². The summed E-state index contributed by atoms with van der Waals surface area (Å²) in [6.07, 6.45) is 7.08. The lowest BCUT2D eigenvalue weighted by Crippen LogP contribution is -2.13. The zero-order valence-electron chi connectivity index (χ0n) is 14.0. The van der Waals surface area contributed by atoms with E-state index in [4.69, 9.17) is 4.74 Å². The van der Waals surface area contributed by atoms with Gasteiger partial charge in [0.25, 0.3) is 0 Å². The lowest BCUT2D eigenvalue weighted by molar-refractivity contribution is 0.232. The van der Waals surface area contributed by atoms with Gasteiger partial charge >= 0.3 is 0 Å². The molecule has 0 aliphatic rings. The van der Waals surface area contributed by atoms with Gasteiger partial charge in [0.2, 0.25) is 5.88 Å². The van der Waals surface area contributed by atoms with Crippen LogP contribution in [0, 0.1) is 0 Å². The summed E-state index contributed by atoms with van der Waals surface area (Å²) >= 11 is 0. The second kappa shape index (κ2) is 7.12. The van der Waals surface area contributed by atoms with Gasteiger partial charge < -0.3 is 10.1 Å². The van der Waals surface area contributed by atoms with Crippen LogP contribution in [0.1, 0.15) is 32.4 Å². The molecular weight excluding hydrogens is 302 g/mol. The van der Waals surface area contributed by atoms with Crippen molar-refractivity contribution in [2.75, 3.05) is 5.32 Å². The minimum absolute atomic E-state index is 0.0361. The van der Waals surface area contributed by atoms with Crippen LogP contribution in [-0.4, -0.2) is 25.9 Å². The fraction of sp³-hybridized carbons (Fsp3) is 0.278. The van der Waals surface area contributed by atoms with Crippen LogP contribution < -0.4 is 10.1 Å². The topological polar surface area (TPSA) is 64.9 Å². The van der Waals surface area contributed by atoms with Gasteiger partial charge in [-0.3, -0.25) is 4.98 Å². The number of hydrogen-bond acceptors (Lipinski definition) is 5. The number of benzene rings is 1. The summed E-state index contributed by atoms with van der Waals surface area (Å²) in [5.41, 5.74) is 2.16. The maximum absolute atomic E-state index is 5.60. The molecule has 0 saturated heterocycles. The van der Waals surface area contributed by atoms with Gasteiger partial charge in [-0.1, -0.05) is 18.2 Å². The highest BCUT2D eigenvalue weighted by molar-refractivity contribution is 5.46. The highest BCUT2D eigenvalue weighted by Gasteiger charge is 2.13. The normalized spacial score (nSPS) is 12.2. The van der Waals surface area contributed by atoms with Gasteiger partial charge in [-0.2, -0.15) is 10.1 Å². The number of ether oxygens (including phenoxy) is 1. The molecule has 124 valence electrons. The number of aromatic nitrogens is 4. The van der Waals surface area contributed by atoms with E-state index in [9.17, 15) is 0 Å². The first-order valence-electron chi connectivity index (χ1n) is 7.97. The van der Waals surface area contributed by atoms with Crippen LogP contribution in [0.25, 0.3) is 5.69 Å². The summed E-state index contributed by atoms with van der Waals surface area (Å²) in [7, 11) is 0. The fourth-order valence-corrected chi connectivity index (χ4v) is 2.49. The summed E-state index contributed by atoms with van der Waals surface area (Å²) in [5, 5.41) is 7.70. The lowest BCUT2D eigenvalue weighted by atomic mass is 10.1. The molecule has 3 rings (SSSR count). The summed E-state index contributed by atoms with van der Waals surface area (Å²) < 4.78 is 7.46. The molecule has 2 heterocycles. The average molecular weight is 323 g/mol. The Hall–Kier alpha value is -2.89. The van der Waals surface area contributed by atoms with Crippen molar-refractivity contribution in [3.05, 3.63) is 60.7 Å². The van der Waals surface area contributed by atoms with Crippen LogP contribution in [0.5, 0.6) is 5.88 Å². The molecule has 1 atom stereocenters. The summed E-state index contributed by atoms with van der Waals surface area (Å²) in [5.74, 6) is 1.19. The number of hydrogen-bond donors (Lipinski definition) is 1. The van der Waals surface area contributed by atoms with Crippen molar-refractivity contribution in [2.24, 2.45) is 0 Å². The zero-order valence-corrected chi connectivity index (χ0v) is 14.0. The SMILES string of the molecule is CC(C)Oc1cncc(NC(C)c2ccccc2-n2cccn2)n1. The molecule has 0 bridgehead atoms. The second-order valence-corrected chi connectivity index (χ2v) is 5.78. The third-order valence-electron chi connectivity index (χ3n) is 3.49. The quantitative estimate of drug-likeness (QED) is 0.750. The van der Waals surface area contributed by atoms with Gasteiger partial charge in [-0.25, -0.2) is 4.68 Å². The molecule has 0 saturated carbocycles. The molecule has 6 heteroatoms. The Kier molecular flexibility index (Phi) is 4.74. The Balaban J connectivity index is 1.82. The van der Waals surface area contributed by atoms with Crippen LogP contribution in [0.4, 0.5) is 5.82 Å². The first kappa shape index (κ1) is 16.0. The van der Waals surface area contributed by atoms with E-state index in [2.05, 4.69) is 33.4 Å². The number of nitrogens with zero attached hydrogens (tertiary/aromatic N) is 4. The Bertz CT molecular complexity index is 786. The zero-order chi connectivity index (χ0) is 16.9. The van der Waals surface area contributed by atoms with Gasteiger partial charge in [0.1, 0.15) is 5.82 Å². The van der Waals surface area contributed by atoms with Crippen molar-refractivity contribution in [2.45, 2.75) is 32.9 Å². The molecule has 0 amide bonds. The van der Waals surface area contributed by atoms with E-state index < -0.39 is 0 Å². The average Bonchev–Trinajstić information content (AvgIpc) is 3.09. The van der Waals surface area contributed by atoms with E-state index in [0.29, 0.717) is 11.7 Å². The molecule has 0 radical (unpaired) electrons. The maximum atomic E-state index is 5.60. The maximum Gasteiger partial charge on any atom is 0.234 e. The molecule has 0 aliphatic carbocycles. The molecule has 2 aromatic heterocycles. The fourth-order valence-electron chi connectivity index (χ4n) is 2.49. The Morgan fingerprint density at radius 1 is 1.08 bits per heavy atom. The molecule has 1 unspecified atom stereocenters. The van der Waals surface area contributed by atoms with Crippen LogP contribution in [0.3, 0.4) is 0 Å². The molecule has 0 fully saturated rings. The van der Waals surface area contributed by atoms with Crippen molar-refractivity contribution < 1.29 is 4.74 Å². The highest BCUT2D eigenvalue weighted by Crippen LogP contribution is 2.24. The standard InChI is InChI=1S/C18H21N5O/c1-13(2)24-18-12-19-11-17(22-18)21-14(3)15-7-4-5-8-16(15)23-10-6-9-20-23/h4-14H,1-3H3,(H,21,22). The van der Waals surface area contributed by atoms with Crippen molar-refractivity contribution in [1.29, 1.82) is 0 Å². The van der Waals surface area contributed by atoms with Gasteiger partial charge in [0.05, 0.1) is 30.2 Å². The van der Waals surface area contributed by atoms with E-state index in [1.54, 1.807) is 18.6 Å². The Morgan fingerprint density at radius 2 is 1.92 bits per heavy atom. The summed E-state index contributed by atoms with van der Waals surface area (Å²) in [6.45, 7) is 6.01. The summed E-state index contributed by atoms with van der Waals surface area (Å²) in [4.78, 5) is 8.64. The van der Waals surface area contributed by atoms with Gasteiger partial charge in [0.15, 0.2) is 0 Å². The van der Waals surface area contributed by atoms with Gasteiger partial charge in [0, 0.05) is 12.4 Å². The van der Waals surface area contributed by atoms with E-state index in [0.717, 1.165) is 11.3 Å². The van der Waals surface area contributed by atoms with Gasteiger partial charge in [-0.15, -0.1) is 0 Å². The van der Waals surface area contributed by atoms with Gasteiger partial charge in [-0.05, 0) is 38.5 Å². The van der Waals surface area contributed by atoms with Crippen molar-refractivity contribution in [3.8, 4) is 11.6 Å². The minimum Gasteiger partial charge on any atom is -0.474 e. The summed E-state index contributed by atoms with van der Waals surface area (Å²) in [6, 6.07) is 10.1. The Morgan fingerprint density at radius 3 is 2.67 bits per heavy atom. The van der Waals surface area contributed by atoms with Crippen LogP contribution in [0.2, 0.25) is 0 Å². The smallest absolute Gasteiger partial charge is 0.234 e. The van der Waals surface area contributed by atoms with Crippen molar-refractivity contribution >= 4 is 5.82 Å². The monoisotopic (exact) mass is 323 g/mol. The van der Waals surface area contributed by atoms with E-state index in [1.165, 1.54) is 0 Å². The Labute approximate surface area is 141 Å². The largest absolute Gasteiger partial charge is 0.474 e. The predicted octanol–water partition coefficient (Wildman–Crippen LogP) is 3.62. The molecule has 1 N–H and O–H groups in total. The minimum atomic E-state index is 0.0361. The number of nitrogens with one attached hydrogen (secondary N) is 1. The van der Waals surface area contributed by atoms with E-state index >= 15 is 0 Å². The second-order valence-electron chi connectivity index (χ2n) is 5.78. The molecule has 0 aliphatic heterocycles. The van der Waals surface area contributed by atoms with Crippen LogP contribution >= 0.6 is 0 Å². The lowest BCUT2D eigenvalue weighted by Gasteiger charge is -2.19. The predicted molar refractivity (Wildman–Crippen MR) is 93.4 cm³/mol. The molecule has 3 aromatic rings. The number of rotatable bonds is 6. The van der Waals surface area contributed by atoms with Crippen molar-refractivity contribution in [3.63, 3.8) is 0 Å². The van der Waals surface area contributed by atoms with E-state index in [-0.39, 0.29) is 12.1 Å². The van der Waals surface area contributed by atoms with E-state index in [1.807, 2.05) is 49.0 Å². The first-order chi connectivity index (χ1) is 11.6. The first-order valence-corrected chi connectivity index (χ1v) is 7.97. The van der Waals surface area contributed by atoms with Crippen molar-refractivity contribution in [1.82, 2.24) is 19.7 Å². The number of anilines is 1. The molecule has 24 heavy (non-hydrogen) atoms. The molecule has 0 spiro atoms. The number of para-hydroxylation sites is 1. The third kappa shape index (κ3) is 3.71. The third-order valence-corrected chi connectivity index (χ3v) is 3.49. The molecule has 6 nitrogen and oxygen atoms in total. The van der Waals surface area contributed by atoms with Crippen LogP contribution in [0.15, 0.2) is 55.1 Å².